The van der Waals surface area contributed by atoms with Crippen LogP contribution in [0.2, 0.25) is 5.02 Å². The molecule has 0 bridgehead atoms. The highest BCUT2D eigenvalue weighted by atomic mass is 35.5. The largest absolute Gasteiger partial charge is 0.510 e. The van der Waals surface area contributed by atoms with Gasteiger partial charge in [-0.05, 0) is 23.8 Å². The minimum absolute atomic E-state index is 0.0258. The van der Waals surface area contributed by atoms with Crippen molar-refractivity contribution in [2.45, 2.75) is 6.42 Å². The molecule has 0 aliphatic heterocycles. The van der Waals surface area contributed by atoms with Gasteiger partial charge in [0.15, 0.2) is 0 Å². The van der Waals surface area contributed by atoms with Crippen LogP contribution in [0.4, 0.5) is 5.69 Å². The number of aliphatic hydroxyl groups excluding tert-OH is 1. The fourth-order valence-corrected chi connectivity index (χ4v) is 3.65. The summed E-state index contributed by atoms with van der Waals surface area (Å²) in [6.45, 7) is 0. The van der Waals surface area contributed by atoms with Crippen LogP contribution in [0.15, 0.2) is 53.0 Å². The maximum Gasteiger partial charge on any atom is 0.288 e. The number of nitrogens with zero attached hydrogens (tertiary/aromatic N) is 3. The number of nitriles is 1. The van der Waals surface area contributed by atoms with Crippen LogP contribution in [0.3, 0.4) is 0 Å². The number of rotatable bonds is 4. The van der Waals surface area contributed by atoms with Crippen molar-refractivity contribution in [3.8, 4) is 6.07 Å². The van der Waals surface area contributed by atoms with Gasteiger partial charge in [0.25, 0.3) is 11.2 Å². The Bertz CT molecular complexity index is 1200. The third-order valence-electron chi connectivity index (χ3n) is 3.72. The molecule has 0 amide bonds. The maximum atomic E-state index is 12.2. The van der Waals surface area contributed by atoms with E-state index in [2.05, 4.69) is 4.98 Å². The number of benzene rings is 2. The number of nitro benzene ring substituents is 1. The Labute approximate surface area is 161 Å². The van der Waals surface area contributed by atoms with E-state index in [4.69, 9.17) is 11.6 Å². The molecule has 3 rings (SSSR count). The molecule has 0 spiro atoms. The summed E-state index contributed by atoms with van der Waals surface area (Å²) in [6, 6.07) is 12.8. The predicted molar refractivity (Wildman–Crippen MR) is 103 cm³/mol. The average Bonchev–Trinajstić information content (AvgIpc) is 2.64. The van der Waals surface area contributed by atoms with Gasteiger partial charge in [0.1, 0.15) is 27.4 Å². The number of allylic oxidation sites excluding steroid dienone is 2. The number of aromatic nitrogens is 1. The second-order valence-corrected chi connectivity index (χ2v) is 6.91. The molecule has 0 radical (unpaired) electrons. The molecule has 0 aliphatic carbocycles. The summed E-state index contributed by atoms with van der Waals surface area (Å²) >= 11 is 6.88. The number of aliphatic hydroxyl groups is 1. The zero-order valence-corrected chi connectivity index (χ0v) is 15.1. The fourth-order valence-electron chi connectivity index (χ4n) is 2.44. The number of nitro groups is 1. The van der Waals surface area contributed by atoms with Crippen LogP contribution in [-0.2, 0) is 6.42 Å². The predicted octanol–water partition coefficient (Wildman–Crippen LogP) is 4.25. The Kier molecular flexibility index (Phi) is 5.16. The Morgan fingerprint density at radius 3 is 2.78 bits per heavy atom. The van der Waals surface area contributed by atoms with Crippen LogP contribution in [0.1, 0.15) is 10.6 Å². The third-order valence-corrected chi connectivity index (χ3v) is 5.10. The van der Waals surface area contributed by atoms with Gasteiger partial charge in [0, 0.05) is 17.2 Å². The summed E-state index contributed by atoms with van der Waals surface area (Å²) in [5.74, 6) is -0.340. The van der Waals surface area contributed by atoms with Crippen molar-refractivity contribution in [2.24, 2.45) is 0 Å². The molecule has 1 aromatic heterocycles. The lowest BCUT2D eigenvalue weighted by Gasteiger charge is -2.05. The summed E-state index contributed by atoms with van der Waals surface area (Å²) in [5.41, 5.74) is -0.555. The summed E-state index contributed by atoms with van der Waals surface area (Å²) < 4.78 is 0.634. The van der Waals surface area contributed by atoms with Gasteiger partial charge in [-0.2, -0.15) is 10.2 Å². The smallest absolute Gasteiger partial charge is 0.288 e. The van der Waals surface area contributed by atoms with Crippen LogP contribution < -0.4 is 5.56 Å². The molecule has 1 heterocycles. The first-order chi connectivity index (χ1) is 12.9. The molecule has 1 N–H and O–H groups in total. The molecule has 0 aliphatic rings. The molecule has 0 fully saturated rings. The summed E-state index contributed by atoms with van der Waals surface area (Å²) in [5, 5.41) is 31.3. The highest BCUT2D eigenvalue weighted by Gasteiger charge is 2.17. The van der Waals surface area contributed by atoms with E-state index < -0.39 is 10.5 Å². The van der Waals surface area contributed by atoms with Crippen LogP contribution in [-0.4, -0.2) is 15.0 Å². The van der Waals surface area contributed by atoms with Crippen molar-refractivity contribution in [1.82, 2.24) is 4.98 Å². The first kappa shape index (κ1) is 18.5. The van der Waals surface area contributed by atoms with Gasteiger partial charge < -0.3 is 5.11 Å². The van der Waals surface area contributed by atoms with E-state index in [1.165, 1.54) is 18.2 Å². The van der Waals surface area contributed by atoms with E-state index >= 15 is 0 Å². The second kappa shape index (κ2) is 7.53. The molecular formula is C18H10ClN3O4S. The van der Waals surface area contributed by atoms with E-state index in [1.54, 1.807) is 24.3 Å². The minimum Gasteiger partial charge on any atom is -0.510 e. The lowest BCUT2D eigenvalue weighted by atomic mass is 10.1. The molecule has 0 atom stereocenters. The fraction of sp³-hybridized carbons (Fsp3) is 0.0556. The van der Waals surface area contributed by atoms with Crippen molar-refractivity contribution in [3.63, 3.8) is 0 Å². The van der Waals surface area contributed by atoms with Gasteiger partial charge in [0.2, 0.25) is 0 Å². The minimum atomic E-state index is -0.630. The van der Waals surface area contributed by atoms with Crippen LogP contribution in [0.25, 0.3) is 15.7 Å². The molecule has 2 aromatic carbocycles. The van der Waals surface area contributed by atoms with Gasteiger partial charge in [-0.1, -0.05) is 29.8 Å². The molecule has 9 heteroatoms. The number of fused-ring (bicyclic) bond motifs is 1. The van der Waals surface area contributed by atoms with Crippen molar-refractivity contribution < 1.29 is 10.0 Å². The van der Waals surface area contributed by atoms with Crippen LogP contribution in [0.5, 0.6) is 0 Å². The van der Waals surface area contributed by atoms with Gasteiger partial charge >= 0.3 is 0 Å². The highest BCUT2D eigenvalue weighted by molar-refractivity contribution is 7.19. The molecule has 0 unspecified atom stereocenters. The number of halogens is 1. The van der Waals surface area contributed by atoms with Gasteiger partial charge in [-0.15, -0.1) is 11.3 Å². The zero-order chi connectivity index (χ0) is 19.6. The van der Waals surface area contributed by atoms with E-state index in [1.807, 2.05) is 6.07 Å². The quantitative estimate of drug-likeness (QED) is 0.303. The third kappa shape index (κ3) is 3.79. The van der Waals surface area contributed by atoms with Crippen molar-refractivity contribution in [3.05, 3.63) is 84.3 Å². The summed E-state index contributed by atoms with van der Waals surface area (Å²) in [7, 11) is 0. The number of hydrogen-bond donors (Lipinski definition) is 1. The van der Waals surface area contributed by atoms with E-state index in [0.29, 0.717) is 15.6 Å². The Balaban J connectivity index is 2.05. The molecule has 0 saturated carbocycles. The SMILES string of the molecule is N#CC(=C(O)Cc1ccc(Cl)c([N+](=O)[O-])c1)c1nc(=O)c2ccccc2s1. The normalized spacial score (nSPS) is 11.7. The Morgan fingerprint density at radius 1 is 1.33 bits per heavy atom. The molecule has 27 heavy (non-hydrogen) atoms. The van der Waals surface area contributed by atoms with Crippen molar-refractivity contribution in [1.29, 1.82) is 5.26 Å². The average molecular weight is 400 g/mol. The maximum absolute atomic E-state index is 12.2. The Hall–Kier alpha value is -3.28. The van der Waals surface area contributed by atoms with Crippen molar-refractivity contribution in [2.75, 3.05) is 0 Å². The monoisotopic (exact) mass is 399 g/mol. The molecule has 7 nitrogen and oxygen atoms in total. The zero-order valence-electron chi connectivity index (χ0n) is 13.5. The van der Waals surface area contributed by atoms with E-state index in [0.717, 1.165) is 11.3 Å². The second-order valence-electron chi connectivity index (χ2n) is 5.47. The van der Waals surface area contributed by atoms with Crippen LogP contribution in [0, 0.1) is 21.4 Å². The lowest BCUT2D eigenvalue weighted by Crippen LogP contribution is -2.08. The first-order valence-corrected chi connectivity index (χ1v) is 8.75. The van der Waals surface area contributed by atoms with Crippen molar-refractivity contribution >= 4 is 44.3 Å². The van der Waals surface area contributed by atoms with Gasteiger partial charge in [-0.25, -0.2) is 0 Å². The highest BCUT2D eigenvalue weighted by Crippen LogP contribution is 2.28. The molecule has 134 valence electrons. The number of hydrogen-bond acceptors (Lipinski definition) is 7. The van der Waals surface area contributed by atoms with E-state index in [9.17, 15) is 25.3 Å². The first-order valence-electron chi connectivity index (χ1n) is 7.56. The van der Waals surface area contributed by atoms with Gasteiger partial charge in [-0.3, -0.25) is 14.9 Å². The summed E-state index contributed by atoms with van der Waals surface area (Å²) in [4.78, 5) is 26.4. The molecule has 0 saturated heterocycles. The van der Waals surface area contributed by atoms with Gasteiger partial charge in [0.05, 0.1) is 10.3 Å². The van der Waals surface area contributed by atoms with E-state index in [-0.39, 0.29) is 33.5 Å². The lowest BCUT2D eigenvalue weighted by molar-refractivity contribution is -0.384. The molecule has 3 aromatic rings. The van der Waals surface area contributed by atoms with Crippen LogP contribution >= 0.6 is 22.9 Å². The Morgan fingerprint density at radius 2 is 2.07 bits per heavy atom. The topological polar surface area (TPSA) is 117 Å². The summed E-state index contributed by atoms with van der Waals surface area (Å²) in [6.07, 6.45) is -0.143. The standard InChI is InChI=1S/C18H10ClN3O4S/c19-13-6-5-10(7-14(13)22(25)26)8-15(23)12(9-20)18-21-17(24)11-3-1-2-4-16(11)27-18/h1-7,23H,8H2. The molecular weight excluding hydrogens is 390 g/mol.